The number of nitrogens with zero attached hydrogens (tertiary/aromatic N) is 4. The number of pyridine rings is 1. The molecular formula is C19H19ClN4O2. The third-order valence-electron chi connectivity index (χ3n) is 4.65. The molecule has 2 aromatic heterocycles. The van der Waals surface area contributed by atoms with Gasteiger partial charge >= 0.3 is 5.97 Å². The molecule has 1 saturated heterocycles. The number of esters is 1. The third-order valence-corrected chi connectivity index (χ3v) is 4.89. The van der Waals surface area contributed by atoms with Crippen LogP contribution in [-0.2, 0) is 9.53 Å². The number of hydrogen-bond acceptors (Lipinski definition) is 5. The lowest BCUT2D eigenvalue weighted by molar-refractivity contribution is -0.147. The van der Waals surface area contributed by atoms with Crippen molar-refractivity contribution in [3.63, 3.8) is 0 Å². The van der Waals surface area contributed by atoms with Crippen molar-refractivity contribution >= 4 is 34.3 Å². The maximum atomic E-state index is 12.0. The van der Waals surface area contributed by atoms with Crippen LogP contribution >= 0.6 is 11.6 Å². The van der Waals surface area contributed by atoms with Crippen molar-refractivity contribution in [1.29, 1.82) is 0 Å². The largest absolute Gasteiger partial charge is 0.466 e. The van der Waals surface area contributed by atoms with Crippen LogP contribution in [0, 0.1) is 5.92 Å². The van der Waals surface area contributed by atoms with Crippen molar-refractivity contribution in [1.82, 2.24) is 14.5 Å². The molecule has 0 spiro atoms. The van der Waals surface area contributed by atoms with Crippen LogP contribution in [0.4, 0.5) is 5.82 Å². The molecule has 3 aromatic rings. The van der Waals surface area contributed by atoms with Gasteiger partial charge in [-0.15, -0.1) is 0 Å². The fourth-order valence-electron chi connectivity index (χ4n) is 3.37. The number of carbonyl (C=O) groups excluding carboxylic acids is 1. The molecule has 0 bridgehead atoms. The lowest BCUT2D eigenvalue weighted by Gasteiger charge is -2.19. The molecule has 1 aliphatic heterocycles. The number of carbonyl (C=O) groups is 1. The Hall–Kier alpha value is -2.60. The molecule has 6 nitrogen and oxygen atoms in total. The molecule has 1 unspecified atom stereocenters. The highest BCUT2D eigenvalue weighted by molar-refractivity contribution is 6.31. The van der Waals surface area contributed by atoms with Crippen LogP contribution in [0.15, 0.2) is 43.0 Å². The van der Waals surface area contributed by atoms with Crippen LogP contribution in [0.25, 0.3) is 16.6 Å². The van der Waals surface area contributed by atoms with Gasteiger partial charge in [0.2, 0.25) is 0 Å². The summed E-state index contributed by atoms with van der Waals surface area (Å²) in [7, 11) is 0. The Morgan fingerprint density at radius 3 is 3.04 bits per heavy atom. The van der Waals surface area contributed by atoms with Crippen molar-refractivity contribution in [3.8, 4) is 5.69 Å². The summed E-state index contributed by atoms with van der Waals surface area (Å²) >= 11 is 6.17. The van der Waals surface area contributed by atoms with E-state index in [4.69, 9.17) is 21.3 Å². The normalized spacial score (nSPS) is 17.0. The fourth-order valence-corrected chi connectivity index (χ4v) is 3.53. The molecule has 0 aliphatic carbocycles. The van der Waals surface area contributed by atoms with Gasteiger partial charge in [0.05, 0.1) is 30.1 Å². The average molecular weight is 371 g/mol. The van der Waals surface area contributed by atoms with Crippen molar-refractivity contribution in [3.05, 3.63) is 48.0 Å². The fraction of sp³-hybridized carbons (Fsp3) is 0.316. The smallest absolute Gasteiger partial charge is 0.310 e. The molecule has 0 radical (unpaired) electrons. The Kier molecular flexibility index (Phi) is 4.51. The van der Waals surface area contributed by atoms with Gasteiger partial charge in [-0.05, 0) is 31.5 Å². The summed E-state index contributed by atoms with van der Waals surface area (Å²) in [6.07, 6.45) is 6.18. The second kappa shape index (κ2) is 6.96. The van der Waals surface area contributed by atoms with E-state index in [0.717, 1.165) is 35.4 Å². The number of halogens is 1. The van der Waals surface area contributed by atoms with E-state index in [9.17, 15) is 4.79 Å². The molecule has 1 aliphatic rings. The highest BCUT2D eigenvalue weighted by Crippen LogP contribution is 2.30. The van der Waals surface area contributed by atoms with E-state index in [0.29, 0.717) is 18.2 Å². The molecule has 1 aromatic carbocycles. The van der Waals surface area contributed by atoms with Gasteiger partial charge in [0, 0.05) is 42.0 Å². The number of hydrogen-bond donors (Lipinski definition) is 0. The number of rotatable bonds is 4. The molecule has 4 rings (SSSR count). The van der Waals surface area contributed by atoms with Crippen LogP contribution < -0.4 is 4.90 Å². The Bertz CT molecular complexity index is 942. The summed E-state index contributed by atoms with van der Waals surface area (Å²) < 4.78 is 7.12. The van der Waals surface area contributed by atoms with Gasteiger partial charge in [-0.3, -0.25) is 4.79 Å². The predicted octanol–water partition coefficient (Wildman–Crippen LogP) is 3.46. The van der Waals surface area contributed by atoms with Crippen LogP contribution in [0.2, 0.25) is 5.02 Å². The lowest BCUT2D eigenvalue weighted by atomic mass is 10.1. The van der Waals surface area contributed by atoms with Crippen LogP contribution in [0.1, 0.15) is 13.3 Å². The summed E-state index contributed by atoms with van der Waals surface area (Å²) in [5, 5.41) is 1.64. The number of aromatic nitrogens is 3. The highest BCUT2D eigenvalue weighted by Gasteiger charge is 2.30. The monoisotopic (exact) mass is 370 g/mol. The minimum atomic E-state index is -0.131. The Morgan fingerprint density at radius 2 is 2.27 bits per heavy atom. The zero-order valence-corrected chi connectivity index (χ0v) is 15.2. The van der Waals surface area contributed by atoms with E-state index in [2.05, 4.69) is 9.88 Å². The number of benzene rings is 1. The minimum Gasteiger partial charge on any atom is -0.466 e. The van der Waals surface area contributed by atoms with Crippen molar-refractivity contribution < 1.29 is 9.53 Å². The Labute approximate surface area is 156 Å². The van der Waals surface area contributed by atoms with Crippen LogP contribution in [-0.4, -0.2) is 40.2 Å². The minimum absolute atomic E-state index is 0.108. The SMILES string of the molecule is CCOC(=O)C1CCN(c2cc(-n3ccnc3)c3ccc(Cl)cc3n2)C1. The Balaban J connectivity index is 1.73. The van der Waals surface area contributed by atoms with Gasteiger partial charge in [0.25, 0.3) is 0 Å². The molecular weight excluding hydrogens is 352 g/mol. The molecule has 3 heterocycles. The first-order valence-corrected chi connectivity index (χ1v) is 9.03. The van der Waals surface area contributed by atoms with E-state index in [1.54, 1.807) is 12.5 Å². The lowest BCUT2D eigenvalue weighted by Crippen LogP contribution is -2.25. The van der Waals surface area contributed by atoms with E-state index in [-0.39, 0.29) is 11.9 Å². The standard InChI is InChI=1S/C19H19ClN4O2/c1-2-26-19(25)13-5-7-23(11-13)18-10-17(24-8-6-21-12-24)15-4-3-14(20)9-16(15)22-18/h3-4,6,8-10,12-13H,2,5,7,11H2,1H3. The highest BCUT2D eigenvalue weighted by atomic mass is 35.5. The molecule has 0 N–H and O–H groups in total. The molecule has 1 atom stereocenters. The van der Waals surface area contributed by atoms with E-state index >= 15 is 0 Å². The van der Waals surface area contributed by atoms with E-state index in [1.165, 1.54) is 0 Å². The first-order chi connectivity index (χ1) is 12.7. The molecule has 0 amide bonds. The van der Waals surface area contributed by atoms with Crippen molar-refractivity contribution in [2.75, 3.05) is 24.6 Å². The van der Waals surface area contributed by atoms with Gasteiger partial charge in [-0.1, -0.05) is 11.6 Å². The van der Waals surface area contributed by atoms with Gasteiger partial charge < -0.3 is 14.2 Å². The summed E-state index contributed by atoms with van der Waals surface area (Å²) in [6, 6.07) is 7.72. The molecule has 7 heteroatoms. The van der Waals surface area contributed by atoms with Gasteiger partial charge in [0.1, 0.15) is 5.82 Å². The predicted molar refractivity (Wildman–Crippen MR) is 101 cm³/mol. The zero-order valence-electron chi connectivity index (χ0n) is 14.4. The first-order valence-electron chi connectivity index (χ1n) is 8.66. The summed E-state index contributed by atoms with van der Waals surface area (Å²) in [4.78, 5) is 23.1. The topological polar surface area (TPSA) is 60.2 Å². The van der Waals surface area contributed by atoms with Crippen molar-refractivity contribution in [2.45, 2.75) is 13.3 Å². The Morgan fingerprint density at radius 1 is 1.38 bits per heavy atom. The summed E-state index contributed by atoms with van der Waals surface area (Å²) in [5.74, 6) is 0.590. The molecule has 26 heavy (non-hydrogen) atoms. The number of fused-ring (bicyclic) bond motifs is 1. The van der Waals surface area contributed by atoms with Crippen LogP contribution in [0.3, 0.4) is 0 Å². The van der Waals surface area contributed by atoms with Gasteiger partial charge in [0.15, 0.2) is 0 Å². The summed E-state index contributed by atoms with van der Waals surface area (Å²) in [5.41, 5.74) is 1.80. The molecule has 134 valence electrons. The second-order valence-electron chi connectivity index (χ2n) is 6.31. The molecule has 0 saturated carbocycles. The van der Waals surface area contributed by atoms with E-state index in [1.807, 2.05) is 42.0 Å². The second-order valence-corrected chi connectivity index (χ2v) is 6.75. The first kappa shape index (κ1) is 16.8. The maximum Gasteiger partial charge on any atom is 0.310 e. The molecule has 1 fully saturated rings. The maximum absolute atomic E-state index is 12.0. The quantitative estimate of drug-likeness (QED) is 0.658. The van der Waals surface area contributed by atoms with Crippen LogP contribution in [0.5, 0.6) is 0 Å². The zero-order chi connectivity index (χ0) is 18.1. The number of anilines is 1. The number of ether oxygens (including phenoxy) is 1. The summed E-state index contributed by atoms with van der Waals surface area (Å²) in [6.45, 7) is 3.62. The van der Waals surface area contributed by atoms with Crippen molar-refractivity contribution in [2.24, 2.45) is 5.92 Å². The van der Waals surface area contributed by atoms with Gasteiger partial charge in [-0.25, -0.2) is 9.97 Å². The average Bonchev–Trinajstić information content (AvgIpc) is 3.32. The van der Waals surface area contributed by atoms with E-state index < -0.39 is 0 Å². The third kappa shape index (κ3) is 3.12. The van der Waals surface area contributed by atoms with Gasteiger partial charge in [-0.2, -0.15) is 0 Å². The number of imidazole rings is 1.